The molecular weight excluding hydrogens is 514 g/mol. The first-order chi connectivity index (χ1) is 19.3. The SMILES string of the molecule is O=C(CCN1C(=O)c2ccccc2N2C(=O)c3ccccc3C12)N1CC2CC(C1)c1ccc(N([O-])O)c(=O)n1C2. The quantitative estimate of drug-likeness (QED) is 0.504. The van der Waals surface area contributed by atoms with Gasteiger partial charge in [0, 0.05) is 55.3 Å². The van der Waals surface area contributed by atoms with Crippen LogP contribution in [0.3, 0.4) is 0 Å². The number of carbonyl (C=O) groups is 3. The number of carbonyl (C=O) groups excluding carboxylic acids is 3. The maximum atomic E-state index is 13.7. The fourth-order valence-electron chi connectivity index (χ4n) is 6.86. The Morgan fingerprint density at radius 1 is 0.925 bits per heavy atom. The molecule has 0 aliphatic carbocycles. The highest BCUT2D eigenvalue weighted by molar-refractivity contribution is 6.16. The highest BCUT2D eigenvalue weighted by Crippen LogP contribution is 2.45. The van der Waals surface area contributed by atoms with Gasteiger partial charge in [-0.2, -0.15) is 0 Å². The molecule has 3 amide bonds. The number of piperidine rings is 1. The third-order valence-electron chi connectivity index (χ3n) is 8.59. The van der Waals surface area contributed by atoms with Crippen LogP contribution in [0.15, 0.2) is 65.5 Å². The van der Waals surface area contributed by atoms with Crippen molar-refractivity contribution in [2.75, 3.05) is 29.8 Å². The maximum Gasteiger partial charge on any atom is 0.275 e. The van der Waals surface area contributed by atoms with E-state index >= 15 is 0 Å². The van der Waals surface area contributed by atoms with Crippen LogP contribution in [0.25, 0.3) is 0 Å². The number of benzene rings is 2. The highest BCUT2D eigenvalue weighted by Gasteiger charge is 2.47. The first kappa shape index (κ1) is 24.6. The first-order valence-corrected chi connectivity index (χ1v) is 13.3. The number of rotatable bonds is 4. The predicted octanol–water partition coefficient (Wildman–Crippen LogP) is 2.69. The Labute approximate surface area is 229 Å². The van der Waals surface area contributed by atoms with Crippen LogP contribution in [-0.2, 0) is 11.3 Å². The molecule has 40 heavy (non-hydrogen) atoms. The van der Waals surface area contributed by atoms with Crippen LogP contribution in [0.5, 0.6) is 0 Å². The van der Waals surface area contributed by atoms with E-state index in [9.17, 15) is 29.6 Å². The number of hydrogen-bond acceptors (Lipinski definition) is 7. The summed E-state index contributed by atoms with van der Waals surface area (Å²) in [6.07, 6.45) is 0.301. The van der Waals surface area contributed by atoms with Crippen molar-refractivity contribution < 1.29 is 19.6 Å². The number of nitrogens with zero attached hydrogens (tertiary/aromatic N) is 5. The normalized spacial score (nSPS) is 22.4. The lowest BCUT2D eigenvalue weighted by Crippen LogP contribution is -2.51. The molecule has 0 spiro atoms. The smallest absolute Gasteiger partial charge is 0.275 e. The second-order valence-electron chi connectivity index (χ2n) is 10.8. The molecule has 7 rings (SSSR count). The molecule has 4 aliphatic heterocycles. The van der Waals surface area contributed by atoms with E-state index in [1.165, 1.54) is 10.6 Å². The van der Waals surface area contributed by atoms with Crippen molar-refractivity contribution in [1.29, 1.82) is 0 Å². The number of hydrogen-bond donors (Lipinski definition) is 1. The summed E-state index contributed by atoms with van der Waals surface area (Å²) in [7, 11) is 0. The van der Waals surface area contributed by atoms with Crippen molar-refractivity contribution in [1.82, 2.24) is 14.4 Å². The van der Waals surface area contributed by atoms with Crippen molar-refractivity contribution in [3.8, 4) is 0 Å². The summed E-state index contributed by atoms with van der Waals surface area (Å²) in [5, 5.41) is 20.2. The van der Waals surface area contributed by atoms with Crippen LogP contribution in [0.2, 0.25) is 0 Å². The van der Waals surface area contributed by atoms with Gasteiger partial charge in [-0.1, -0.05) is 30.3 Å². The van der Waals surface area contributed by atoms with Crippen molar-refractivity contribution in [2.24, 2.45) is 5.92 Å². The van der Waals surface area contributed by atoms with Gasteiger partial charge in [0.1, 0.15) is 11.9 Å². The molecule has 1 saturated heterocycles. The van der Waals surface area contributed by atoms with E-state index in [0.717, 1.165) is 17.7 Å². The average molecular weight is 541 g/mol. The minimum Gasteiger partial charge on any atom is -0.733 e. The minimum absolute atomic E-state index is 0.0280. The Balaban J connectivity index is 1.13. The third kappa shape index (κ3) is 3.58. The summed E-state index contributed by atoms with van der Waals surface area (Å²) >= 11 is 0. The molecule has 11 heteroatoms. The van der Waals surface area contributed by atoms with Gasteiger partial charge < -0.3 is 24.8 Å². The highest BCUT2D eigenvalue weighted by atomic mass is 16.8. The summed E-state index contributed by atoms with van der Waals surface area (Å²) in [5.74, 6) is -0.529. The third-order valence-corrected chi connectivity index (χ3v) is 8.59. The van der Waals surface area contributed by atoms with Crippen LogP contribution in [-0.4, -0.2) is 56.9 Å². The van der Waals surface area contributed by atoms with Gasteiger partial charge in [-0.3, -0.25) is 29.3 Å². The molecule has 1 fully saturated rings. The number of aromatic nitrogens is 1. The van der Waals surface area contributed by atoms with Crippen LogP contribution in [0.4, 0.5) is 11.4 Å². The first-order valence-electron chi connectivity index (χ1n) is 13.3. The zero-order chi connectivity index (χ0) is 27.7. The lowest BCUT2D eigenvalue weighted by Gasteiger charge is -2.44. The van der Waals surface area contributed by atoms with Crippen molar-refractivity contribution >= 4 is 29.1 Å². The van der Waals surface area contributed by atoms with Crippen molar-refractivity contribution in [3.63, 3.8) is 0 Å². The number of fused-ring (bicyclic) bond motifs is 9. The Hall–Kier alpha value is -4.48. The van der Waals surface area contributed by atoms with Gasteiger partial charge in [0.25, 0.3) is 17.4 Å². The van der Waals surface area contributed by atoms with Gasteiger partial charge in [0.05, 0.1) is 11.3 Å². The number of para-hydroxylation sites is 1. The molecule has 3 unspecified atom stereocenters. The molecule has 3 aromatic rings. The van der Waals surface area contributed by atoms with E-state index in [4.69, 9.17) is 0 Å². The lowest BCUT2D eigenvalue weighted by molar-refractivity contribution is -0.134. The van der Waals surface area contributed by atoms with Crippen molar-refractivity contribution in [2.45, 2.75) is 31.5 Å². The molecule has 4 aliphatic rings. The molecular formula is C29H26N5O6-. The zero-order valence-electron chi connectivity index (χ0n) is 21.5. The number of amides is 3. The van der Waals surface area contributed by atoms with E-state index < -0.39 is 17.0 Å². The van der Waals surface area contributed by atoms with Gasteiger partial charge in [-0.15, -0.1) is 0 Å². The van der Waals surface area contributed by atoms with E-state index in [1.54, 1.807) is 57.2 Å². The molecule has 2 bridgehead atoms. The van der Waals surface area contributed by atoms with E-state index in [-0.39, 0.29) is 48.2 Å². The number of pyridine rings is 1. The monoisotopic (exact) mass is 540 g/mol. The largest absolute Gasteiger partial charge is 0.733 e. The topological polar surface area (TPSA) is 129 Å². The number of anilines is 2. The molecule has 0 saturated carbocycles. The molecule has 2 aromatic carbocycles. The second kappa shape index (κ2) is 9.04. The Morgan fingerprint density at radius 3 is 2.48 bits per heavy atom. The summed E-state index contributed by atoms with van der Waals surface area (Å²) in [6.45, 7) is 1.38. The van der Waals surface area contributed by atoms with Crippen molar-refractivity contribution in [3.05, 3.63) is 98.6 Å². The summed E-state index contributed by atoms with van der Waals surface area (Å²) < 4.78 is 1.53. The van der Waals surface area contributed by atoms with E-state index in [2.05, 4.69) is 0 Å². The lowest BCUT2D eigenvalue weighted by atomic mass is 9.83. The standard InChI is InChI=1S/C29H26N5O6/c35-25(30-14-17-13-18(16-30)22-9-10-24(34(39)40)29(38)32(22)15-17)11-12-31-26-19-5-1-2-6-20(19)28(37)33(26)23-8-4-3-7-21(23)27(31)36/h1-10,17-18,26,39H,11-16H2/q-1. The van der Waals surface area contributed by atoms with E-state index in [1.807, 2.05) is 12.1 Å². The van der Waals surface area contributed by atoms with Gasteiger partial charge in [0.2, 0.25) is 5.91 Å². The van der Waals surface area contributed by atoms with Gasteiger partial charge >= 0.3 is 0 Å². The molecule has 1 aromatic heterocycles. The molecule has 1 N–H and O–H groups in total. The fourth-order valence-corrected chi connectivity index (χ4v) is 6.86. The Morgan fingerprint density at radius 2 is 1.68 bits per heavy atom. The molecule has 5 heterocycles. The zero-order valence-corrected chi connectivity index (χ0v) is 21.5. The van der Waals surface area contributed by atoms with Gasteiger partial charge in [-0.05, 0) is 42.7 Å². The van der Waals surface area contributed by atoms with Crippen LogP contribution < -0.4 is 15.7 Å². The summed E-state index contributed by atoms with van der Waals surface area (Å²) in [4.78, 5) is 58.3. The van der Waals surface area contributed by atoms with Crippen LogP contribution in [0.1, 0.15) is 56.9 Å². The maximum absolute atomic E-state index is 13.7. The molecule has 204 valence electrons. The minimum atomic E-state index is -0.611. The fraction of sp³-hybridized carbons (Fsp3) is 0.310. The average Bonchev–Trinajstić information content (AvgIpc) is 3.25. The predicted molar refractivity (Wildman–Crippen MR) is 144 cm³/mol. The number of likely N-dealkylation sites (tertiary alicyclic amines) is 1. The van der Waals surface area contributed by atoms with E-state index in [0.29, 0.717) is 36.4 Å². The molecule has 3 atom stereocenters. The molecule has 11 nitrogen and oxygen atoms in total. The second-order valence-corrected chi connectivity index (χ2v) is 10.8. The van der Waals surface area contributed by atoms with Gasteiger partial charge in [-0.25, -0.2) is 0 Å². The molecule has 0 radical (unpaired) electrons. The van der Waals surface area contributed by atoms with Crippen LogP contribution in [0, 0.1) is 11.1 Å². The van der Waals surface area contributed by atoms with Gasteiger partial charge in [0.15, 0.2) is 0 Å². The summed E-state index contributed by atoms with van der Waals surface area (Å²) in [5.41, 5.74) is 2.18. The van der Waals surface area contributed by atoms with Crippen LogP contribution >= 0.6 is 0 Å². The Kier molecular flexibility index (Phi) is 5.55. The summed E-state index contributed by atoms with van der Waals surface area (Å²) in [6, 6.07) is 17.3. The Bertz CT molecular complexity index is 1630.